The second-order valence-electron chi connectivity index (χ2n) is 7.37. The third-order valence-electron chi connectivity index (χ3n) is 5.49. The van der Waals surface area contributed by atoms with E-state index in [0.717, 1.165) is 48.6 Å². The van der Waals surface area contributed by atoms with Gasteiger partial charge in [-0.15, -0.1) is 0 Å². The normalized spacial score (nSPS) is 16.7. The summed E-state index contributed by atoms with van der Waals surface area (Å²) in [5.41, 5.74) is 4.32. The summed E-state index contributed by atoms with van der Waals surface area (Å²) >= 11 is 0. The van der Waals surface area contributed by atoms with Crippen LogP contribution in [0.5, 0.6) is 0 Å². The van der Waals surface area contributed by atoms with Gasteiger partial charge in [0.05, 0.1) is 0 Å². The van der Waals surface area contributed by atoms with Gasteiger partial charge in [-0.1, -0.05) is 6.07 Å². The van der Waals surface area contributed by atoms with Crippen LogP contribution in [-0.4, -0.2) is 47.0 Å². The lowest BCUT2D eigenvalue weighted by Crippen LogP contribution is -2.33. The first-order chi connectivity index (χ1) is 13.5. The molecule has 1 amide bonds. The molecule has 3 aromatic rings. The Kier molecular flexibility index (Phi) is 5.00. The second-order valence-corrected chi connectivity index (χ2v) is 7.37. The Hall–Kier alpha value is -2.93. The molecule has 4 rings (SSSR count). The first-order valence-corrected chi connectivity index (χ1v) is 9.67. The van der Waals surface area contributed by atoms with Crippen molar-refractivity contribution in [3.63, 3.8) is 0 Å². The number of nitrogens with one attached hydrogen (secondary N) is 3. The lowest BCUT2D eigenvalue weighted by atomic mass is 10.1. The maximum Gasteiger partial charge on any atom is 0.288 e. The van der Waals surface area contributed by atoms with E-state index in [-0.39, 0.29) is 11.7 Å². The van der Waals surface area contributed by atoms with Crippen LogP contribution in [0.2, 0.25) is 0 Å². The highest BCUT2D eigenvalue weighted by molar-refractivity contribution is 5.90. The molecule has 1 aliphatic rings. The van der Waals surface area contributed by atoms with Gasteiger partial charge in [-0.05, 0) is 49.4 Å². The van der Waals surface area contributed by atoms with E-state index in [2.05, 4.69) is 54.8 Å². The number of aromatic amines is 1. The maximum absolute atomic E-state index is 12.0. The van der Waals surface area contributed by atoms with Gasteiger partial charge >= 0.3 is 0 Å². The van der Waals surface area contributed by atoms with E-state index in [1.165, 1.54) is 10.9 Å². The van der Waals surface area contributed by atoms with Crippen molar-refractivity contribution in [1.29, 1.82) is 0 Å². The van der Waals surface area contributed by atoms with E-state index in [1.807, 2.05) is 20.0 Å². The highest BCUT2D eigenvalue weighted by Crippen LogP contribution is 2.24. The molecule has 1 fully saturated rings. The molecule has 0 radical (unpaired) electrons. The smallest absolute Gasteiger partial charge is 0.288 e. The number of hydrogen-bond acceptors (Lipinski definition) is 5. The Morgan fingerprint density at radius 2 is 2.14 bits per heavy atom. The van der Waals surface area contributed by atoms with Crippen molar-refractivity contribution in [3.05, 3.63) is 53.1 Å². The highest BCUT2D eigenvalue weighted by atomic mass is 16.2. The minimum Gasteiger partial charge on any atom is -0.361 e. The predicted octanol–water partition coefficient (Wildman–Crippen LogP) is 2.30. The van der Waals surface area contributed by atoms with E-state index >= 15 is 0 Å². The van der Waals surface area contributed by atoms with Crippen molar-refractivity contribution in [2.24, 2.45) is 0 Å². The fourth-order valence-electron chi connectivity index (χ4n) is 3.73. The van der Waals surface area contributed by atoms with Gasteiger partial charge in [0.2, 0.25) is 5.82 Å². The van der Waals surface area contributed by atoms with Crippen LogP contribution in [-0.2, 0) is 6.54 Å². The van der Waals surface area contributed by atoms with Crippen LogP contribution in [0.25, 0.3) is 10.9 Å². The lowest BCUT2D eigenvalue weighted by molar-refractivity contribution is 0.0952. The van der Waals surface area contributed by atoms with E-state index in [0.29, 0.717) is 6.04 Å². The average molecular weight is 378 g/mol. The van der Waals surface area contributed by atoms with Crippen LogP contribution in [0.4, 0.5) is 5.82 Å². The zero-order valence-electron chi connectivity index (χ0n) is 16.5. The molecule has 1 saturated heterocycles. The third kappa shape index (κ3) is 3.57. The van der Waals surface area contributed by atoms with Crippen molar-refractivity contribution in [1.82, 2.24) is 25.6 Å². The number of amides is 1. The molecule has 146 valence electrons. The SMILES string of the molecule is CNC(=O)c1nc(C)c(C)c(N2CC[C@@H](NCc3ccc4[nH]ccc4c3)C2)n1. The lowest BCUT2D eigenvalue weighted by Gasteiger charge is -2.21. The number of nitrogens with zero attached hydrogens (tertiary/aromatic N) is 3. The summed E-state index contributed by atoms with van der Waals surface area (Å²) in [6.07, 6.45) is 3.01. The monoisotopic (exact) mass is 378 g/mol. The van der Waals surface area contributed by atoms with Gasteiger partial charge in [0.15, 0.2) is 0 Å². The van der Waals surface area contributed by atoms with E-state index < -0.39 is 0 Å². The van der Waals surface area contributed by atoms with Gasteiger partial charge in [0.1, 0.15) is 5.82 Å². The van der Waals surface area contributed by atoms with Crippen molar-refractivity contribution >= 4 is 22.6 Å². The largest absolute Gasteiger partial charge is 0.361 e. The summed E-state index contributed by atoms with van der Waals surface area (Å²) in [5, 5.41) is 7.51. The number of carbonyl (C=O) groups excluding carboxylic acids is 1. The molecule has 7 nitrogen and oxygen atoms in total. The minimum atomic E-state index is -0.252. The Morgan fingerprint density at radius 3 is 2.96 bits per heavy atom. The predicted molar refractivity (Wildman–Crippen MR) is 111 cm³/mol. The molecule has 1 atom stereocenters. The highest BCUT2D eigenvalue weighted by Gasteiger charge is 2.26. The average Bonchev–Trinajstić information content (AvgIpc) is 3.36. The minimum absolute atomic E-state index is 0.233. The maximum atomic E-state index is 12.0. The summed E-state index contributed by atoms with van der Waals surface area (Å²) in [5.74, 6) is 0.847. The van der Waals surface area contributed by atoms with E-state index in [4.69, 9.17) is 0 Å². The van der Waals surface area contributed by atoms with Crippen LogP contribution in [0, 0.1) is 13.8 Å². The third-order valence-corrected chi connectivity index (χ3v) is 5.49. The molecule has 28 heavy (non-hydrogen) atoms. The summed E-state index contributed by atoms with van der Waals surface area (Å²) in [4.78, 5) is 26.3. The van der Waals surface area contributed by atoms with Crippen molar-refractivity contribution in [3.8, 4) is 0 Å². The summed E-state index contributed by atoms with van der Waals surface area (Å²) in [6, 6.07) is 8.99. The van der Waals surface area contributed by atoms with Gasteiger partial charge in [-0.25, -0.2) is 9.97 Å². The number of carbonyl (C=O) groups is 1. The van der Waals surface area contributed by atoms with Gasteiger partial charge in [-0.2, -0.15) is 0 Å². The van der Waals surface area contributed by atoms with Crippen LogP contribution in [0.15, 0.2) is 30.5 Å². The molecular formula is C21H26N6O. The van der Waals surface area contributed by atoms with Crippen molar-refractivity contribution in [2.75, 3.05) is 25.0 Å². The molecule has 3 N–H and O–H groups in total. The van der Waals surface area contributed by atoms with Crippen LogP contribution >= 0.6 is 0 Å². The number of rotatable bonds is 5. The fourth-order valence-corrected chi connectivity index (χ4v) is 3.73. The van der Waals surface area contributed by atoms with Crippen LogP contribution < -0.4 is 15.5 Å². The van der Waals surface area contributed by atoms with Crippen LogP contribution in [0.1, 0.15) is 33.9 Å². The topological polar surface area (TPSA) is 85.9 Å². The number of fused-ring (bicyclic) bond motifs is 1. The van der Waals surface area contributed by atoms with Gasteiger partial charge in [0, 0.05) is 55.7 Å². The number of aryl methyl sites for hydroxylation is 1. The molecule has 1 aromatic carbocycles. The molecule has 7 heteroatoms. The Morgan fingerprint density at radius 1 is 1.29 bits per heavy atom. The van der Waals surface area contributed by atoms with Gasteiger partial charge in [-0.3, -0.25) is 4.79 Å². The number of H-pyrrole nitrogens is 1. The first-order valence-electron chi connectivity index (χ1n) is 9.67. The van der Waals surface area contributed by atoms with Crippen molar-refractivity contribution in [2.45, 2.75) is 32.9 Å². The standard InChI is InChI=1S/C21H26N6O/c1-13-14(2)25-19(21(28)22-3)26-20(13)27-9-7-17(12-27)24-11-15-4-5-18-16(10-15)6-8-23-18/h4-6,8,10,17,23-24H,7,9,11-12H2,1-3H3,(H,22,28)/t17-/m1/s1. The Balaban J connectivity index is 1.43. The quantitative estimate of drug-likeness (QED) is 0.634. The van der Waals surface area contributed by atoms with E-state index in [1.54, 1.807) is 7.05 Å². The first kappa shape index (κ1) is 18.4. The molecule has 0 unspecified atom stereocenters. The second kappa shape index (κ2) is 7.59. The van der Waals surface area contributed by atoms with Gasteiger partial charge < -0.3 is 20.5 Å². The summed E-state index contributed by atoms with van der Waals surface area (Å²) in [7, 11) is 1.60. The fraction of sp³-hybridized carbons (Fsp3) is 0.381. The Labute approximate surface area is 164 Å². The van der Waals surface area contributed by atoms with E-state index in [9.17, 15) is 4.79 Å². The molecule has 2 aromatic heterocycles. The molecular weight excluding hydrogens is 352 g/mol. The Bertz CT molecular complexity index is 1010. The molecule has 0 bridgehead atoms. The number of aromatic nitrogens is 3. The number of benzene rings is 1. The molecule has 1 aliphatic heterocycles. The zero-order chi connectivity index (χ0) is 19.7. The molecule has 0 saturated carbocycles. The number of hydrogen-bond donors (Lipinski definition) is 3. The van der Waals surface area contributed by atoms with Crippen LogP contribution in [0.3, 0.4) is 0 Å². The van der Waals surface area contributed by atoms with Crippen molar-refractivity contribution < 1.29 is 4.79 Å². The zero-order valence-corrected chi connectivity index (χ0v) is 16.5. The molecule has 3 heterocycles. The number of anilines is 1. The summed E-state index contributed by atoms with van der Waals surface area (Å²) < 4.78 is 0. The van der Waals surface area contributed by atoms with Gasteiger partial charge in [0.25, 0.3) is 5.91 Å². The molecule has 0 aliphatic carbocycles. The summed E-state index contributed by atoms with van der Waals surface area (Å²) in [6.45, 7) is 6.57. The molecule has 0 spiro atoms.